The van der Waals surface area contributed by atoms with E-state index in [1.54, 1.807) is 12.1 Å². The van der Waals surface area contributed by atoms with Gasteiger partial charge in [0.05, 0.1) is 13.3 Å². The van der Waals surface area contributed by atoms with Gasteiger partial charge in [-0.05, 0) is 48.4 Å². The number of ether oxygens (including phenoxy) is 2. The molecule has 2 rings (SSSR count). The maximum absolute atomic E-state index is 13.7. The van der Waals surface area contributed by atoms with Crippen molar-refractivity contribution >= 4 is 0 Å². The number of benzene rings is 2. The highest BCUT2D eigenvalue weighted by Crippen LogP contribution is 2.23. The third-order valence-corrected chi connectivity index (χ3v) is 3.48. The van der Waals surface area contributed by atoms with Crippen LogP contribution in [0.2, 0.25) is 0 Å². The summed E-state index contributed by atoms with van der Waals surface area (Å²) >= 11 is 0. The number of hydrogen-bond acceptors (Lipinski definition) is 2. The van der Waals surface area contributed by atoms with Crippen molar-refractivity contribution in [1.29, 1.82) is 0 Å². The summed E-state index contributed by atoms with van der Waals surface area (Å²) in [5, 5.41) is 0. The number of alkyl halides is 3. The standard InChI is InChI=1S/C20H18F4O2/c1-2-16-12-14(7-9-18(16)26-20(23)24)4-5-15-6-8-17(22)19(13-15)25-11-3-10-21/h6-9,12-13,20H,2-3,10-11H2,1H3. The van der Waals surface area contributed by atoms with E-state index in [0.717, 1.165) is 0 Å². The van der Waals surface area contributed by atoms with Crippen LogP contribution in [0, 0.1) is 17.7 Å². The van der Waals surface area contributed by atoms with E-state index >= 15 is 0 Å². The topological polar surface area (TPSA) is 18.5 Å². The van der Waals surface area contributed by atoms with Crippen LogP contribution in [0.1, 0.15) is 30.0 Å². The third-order valence-electron chi connectivity index (χ3n) is 3.48. The molecule has 2 aromatic carbocycles. The molecular weight excluding hydrogens is 348 g/mol. The van der Waals surface area contributed by atoms with Crippen molar-refractivity contribution in [1.82, 2.24) is 0 Å². The van der Waals surface area contributed by atoms with Gasteiger partial charge in [0, 0.05) is 17.5 Å². The molecule has 6 heteroatoms. The Morgan fingerprint density at radius 1 is 1.00 bits per heavy atom. The molecule has 2 aromatic rings. The SMILES string of the molecule is CCc1cc(C#Cc2ccc(F)c(OCCCF)c2)ccc1OC(F)F. The van der Waals surface area contributed by atoms with Crippen LogP contribution >= 0.6 is 0 Å². The average molecular weight is 366 g/mol. The molecule has 0 radical (unpaired) electrons. The van der Waals surface area contributed by atoms with Gasteiger partial charge >= 0.3 is 6.61 Å². The van der Waals surface area contributed by atoms with Crippen LogP contribution in [0.5, 0.6) is 11.5 Å². The van der Waals surface area contributed by atoms with Gasteiger partial charge in [0.2, 0.25) is 0 Å². The molecule has 26 heavy (non-hydrogen) atoms. The molecule has 0 saturated heterocycles. The van der Waals surface area contributed by atoms with Crippen molar-refractivity contribution in [3.05, 3.63) is 58.9 Å². The quantitative estimate of drug-likeness (QED) is 0.384. The fraction of sp³-hybridized carbons (Fsp3) is 0.300. The molecule has 0 N–H and O–H groups in total. The normalized spacial score (nSPS) is 10.4. The molecule has 0 fully saturated rings. The lowest BCUT2D eigenvalue weighted by Crippen LogP contribution is -2.04. The molecule has 0 aliphatic carbocycles. The summed E-state index contributed by atoms with van der Waals surface area (Å²) in [6.45, 7) is -1.51. The predicted octanol–water partition coefficient (Wildman–Crippen LogP) is 5.13. The molecule has 138 valence electrons. The summed E-state index contributed by atoms with van der Waals surface area (Å²) in [6, 6.07) is 8.87. The van der Waals surface area contributed by atoms with Gasteiger partial charge in [0.25, 0.3) is 0 Å². The van der Waals surface area contributed by atoms with Crippen LogP contribution in [0.3, 0.4) is 0 Å². The van der Waals surface area contributed by atoms with E-state index in [0.29, 0.717) is 23.1 Å². The molecular formula is C20H18F4O2. The summed E-state index contributed by atoms with van der Waals surface area (Å²) < 4.78 is 60.2. The Labute approximate surface area is 149 Å². The summed E-state index contributed by atoms with van der Waals surface area (Å²) in [4.78, 5) is 0. The Morgan fingerprint density at radius 3 is 2.35 bits per heavy atom. The highest BCUT2D eigenvalue weighted by molar-refractivity contribution is 5.49. The van der Waals surface area contributed by atoms with Gasteiger partial charge in [-0.1, -0.05) is 18.8 Å². The maximum atomic E-state index is 13.7. The fourth-order valence-corrected chi connectivity index (χ4v) is 2.22. The molecule has 0 aliphatic rings. The van der Waals surface area contributed by atoms with Gasteiger partial charge < -0.3 is 9.47 Å². The van der Waals surface area contributed by atoms with Crippen LogP contribution in [-0.2, 0) is 6.42 Å². The van der Waals surface area contributed by atoms with Crippen LogP contribution < -0.4 is 9.47 Å². The molecule has 0 unspecified atom stereocenters. The summed E-state index contributed by atoms with van der Waals surface area (Å²) in [5.41, 5.74) is 1.76. The Kier molecular flexibility index (Phi) is 7.34. The second-order valence-corrected chi connectivity index (χ2v) is 5.34. The minimum absolute atomic E-state index is 0.0141. The Hall–Kier alpha value is -2.68. The summed E-state index contributed by atoms with van der Waals surface area (Å²) in [7, 11) is 0. The van der Waals surface area contributed by atoms with Crippen molar-refractivity contribution in [2.75, 3.05) is 13.3 Å². The largest absolute Gasteiger partial charge is 0.490 e. The van der Waals surface area contributed by atoms with Crippen molar-refractivity contribution in [3.63, 3.8) is 0 Å². The van der Waals surface area contributed by atoms with Crippen LogP contribution in [0.25, 0.3) is 0 Å². The lowest BCUT2D eigenvalue weighted by Gasteiger charge is -2.09. The zero-order valence-electron chi connectivity index (χ0n) is 14.2. The van der Waals surface area contributed by atoms with E-state index in [2.05, 4.69) is 16.6 Å². The number of halogens is 4. The molecule has 0 aromatic heterocycles. The Bertz CT molecular complexity index is 794. The van der Waals surface area contributed by atoms with Crippen molar-refractivity contribution < 1.29 is 27.0 Å². The Morgan fingerprint density at radius 2 is 1.69 bits per heavy atom. The number of aryl methyl sites for hydroxylation is 1. The monoisotopic (exact) mass is 366 g/mol. The molecule has 0 amide bonds. The van der Waals surface area contributed by atoms with E-state index in [1.165, 1.54) is 24.3 Å². The average Bonchev–Trinajstić information content (AvgIpc) is 2.62. The highest BCUT2D eigenvalue weighted by Gasteiger charge is 2.09. The van der Waals surface area contributed by atoms with Crippen LogP contribution in [0.4, 0.5) is 17.6 Å². The maximum Gasteiger partial charge on any atom is 0.387 e. The lowest BCUT2D eigenvalue weighted by molar-refractivity contribution is -0.0504. The van der Waals surface area contributed by atoms with E-state index < -0.39 is 19.1 Å². The third kappa shape index (κ3) is 5.69. The number of hydrogen-bond donors (Lipinski definition) is 0. The van der Waals surface area contributed by atoms with Gasteiger partial charge in [-0.15, -0.1) is 0 Å². The molecule has 0 atom stereocenters. The van der Waals surface area contributed by atoms with E-state index in [9.17, 15) is 17.6 Å². The molecule has 0 bridgehead atoms. The number of rotatable bonds is 7. The van der Waals surface area contributed by atoms with Gasteiger partial charge in [-0.2, -0.15) is 8.78 Å². The van der Waals surface area contributed by atoms with Gasteiger partial charge in [-0.3, -0.25) is 4.39 Å². The van der Waals surface area contributed by atoms with Gasteiger partial charge in [-0.25, -0.2) is 4.39 Å². The molecule has 0 spiro atoms. The Balaban J connectivity index is 2.19. The second-order valence-electron chi connectivity index (χ2n) is 5.34. The van der Waals surface area contributed by atoms with Crippen molar-refractivity contribution in [3.8, 4) is 23.3 Å². The smallest absolute Gasteiger partial charge is 0.387 e. The van der Waals surface area contributed by atoms with Crippen molar-refractivity contribution in [2.24, 2.45) is 0 Å². The van der Waals surface area contributed by atoms with Crippen LogP contribution in [0.15, 0.2) is 36.4 Å². The first-order valence-corrected chi connectivity index (χ1v) is 8.11. The second kappa shape index (κ2) is 9.71. The van der Waals surface area contributed by atoms with Gasteiger partial charge in [0.1, 0.15) is 5.75 Å². The first-order valence-electron chi connectivity index (χ1n) is 8.11. The highest BCUT2D eigenvalue weighted by atomic mass is 19.3. The molecule has 0 heterocycles. The summed E-state index contributed by atoms with van der Waals surface area (Å²) in [6.07, 6.45) is 0.697. The van der Waals surface area contributed by atoms with E-state index in [1.807, 2.05) is 6.92 Å². The summed E-state index contributed by atoms with van der Waals surface area (Å²) in [5.74, 6) is 5.36. The molecule has 2 nitrogen and oxygen atoms in total. The predicted molar refractivity (Wildman–Crippen MR) is 90.9 cm³/mol. The zero-order valence-corrected chi connectivity index (χ0v) is 14.2. The van der Waals surface area contributed by atoms with E-state index in [4.69, 9.17) is 4.74 Å². The first-order chi connectivity index (χ1) is 12.5. The van der Waals surface area contributed by atoms with Crippen LogP contribution in [-0.4, -0.2) is 19.9 Å². The van der Waals surface area contributed by atoms with E-state index in [-0.39, 0.29) is 24.5 Å². The van der Waals surface area contributed by atoms with Crippen molar-refractivity contribution in [2.45, 2.75) is 26.4 Å². The lowest BCUT2D eigenvalue weighted by atomic mass is 10.1. The van der Waals surface area contributed by atoms with Gasteiger partial charge in [0.15, 0.2) is 11.6 Å². The fourth-order valence-electron chi connectivity index (χ4n) is 2.22. The minimum Gasteiger partial charge on any atom is -0.490 e. The molecule has 0 aliphatic heterocycles. The molecule has 0 saturated carbocycles. The first kappa shape index (κ1) is 19.6. The minimum atomic E-state index is -2.88. The zero-order chi connectivity index (χ0) is 18.9.